The molecule has 85 heavy (non-hydrogen) atoms. The third-order valence-electron chi connectivity index (χ3n) is 16.1. The van der Waals surface area contributed by atoms with E-state index in [1.54, 1.807) is 12.1 Å². The fourth-order valence-corrected chi connectivity index (χ4v) is 11.3. The number of hydrogen-bond acceptors (Lipinski definition) is 11. The second kappa shape index (κ2) is 29.7. The van der Waals surface area contributed by atoms with Gasteiger partial charge < -0.3 is 24.5 Å². The van der Waals surface area contributed by atoms with Crippen molar-refractivity contribution in [3.63, 3.8) is 0 Å². The summed E-state index contributed by atoms with van der Waals surface area (Å²) in [7, 11) is 8.26. The van der Waals surface area contributed by atoms with Crippen molar-refractivity contribution in [1.29, 1.82) is 0 Å². The van der Waals surface area contributed by atoms with Crippen LogP contribution in [0.1, 0.15) is 83.9 Å². The zero-order chi connectivity index (χ0) is 60.6. The molecule has 2 atom stereocenters. The Bertz CT molecular complexity index is 3800. The van der Waals surface area contributed by atoms with Gasteiger partial charge in [-0.25, -0.2) is 4.58 Å². The van der Waals surface area contributed by atoms with E-state index < -0.39 is 0 Å². The molecule has 1 aliphatic rings. The first-order valence-electron chi connectivity index (χ1n) is 30.2. The lowest BCUT2D eigenvalue weighted by atomic mass is 9.94. The third-order valence-corrected chi connectivity index (χ3v) is 16.1. The highest BCUT2D eigenvalue weighted by molar-refractivity contribution is 6.03. The third kappa shape index (κ3) is 15.3. The number of benzene rings is 5. The highest BCUT2D eigenvalue weighted by Gasteiger charge is 2.20. The molecule has 8 rings (SSSR count). The molecule has 0 aliphatic heterocycles. The summed E-state index contributed by atoms with van der Waals surface area (Å²) in [6.07, 6.45) is 19.4. The smallest absolute Gasteiger partial charge is 0.270 e. The summed E-state index contributed by atoms with van der Waals surface area (Å²) in [6.45, 7) is 19.5. The van der Waals surface area contributed by atoms with E-state index in [0.29, 0.717) is 21.5 Å². The van der Waals surface area contributed by atoms with Crippen LogP contribution >= 0.6 is 0 Å². The number of nitrogens with zero attached hydrogens (tertiary/aromatic N) is 6. The maximum absolute atomic E-state index is 12.7. The van der Waals surface area contributed by atoms with Crippen molar-refractivity contribution in [3.8, 4) is 0 Å². The van der Waals surface area contributed by atoms with Gasteiger partial charge >= 0.3 is 0 Å². The molecule has 446 valence electrons. The number of H-pyrrole nitrogens is 4. The maximum atomic E-state index is 12.7. The monoisotopic (exact) mass is 1150 g/mol. The Balaban J connectivity index is 0.975. The van der Waals surface area contributed by atoms with Crippen LogP contribution in [0.3, 0.4) is 0 Å². The Labute approximate surface area is 500 Å². The zero-order valence-electron chi connectivity index (χ0n) is 51.4. The second-order valence-corrected chi connectivity index (χ2v) is 21.9. The summed E-state index contributed by atoms with van der Waals surface area (Å²) < 4.78 is 2.12. The lowest BCUT2D eigenvalue weighted by molar-refractivity contribution is -0.462. The van der Waals surface area contributed by atoms with Crippen molar-refractivity contribution in [2.24, 2.45) is 0 Å². The number of fused-ring (bicyclic) bond motifs is 2. The van der Waals surface area contributed by atoms with Crippen molar-refractivity contribution in [2.75, 3.05) is 105 Å². The second-order valence-electron chi connectivity index (χ2n) is 21.9. The molecular formula is C69H87N12O4+. The van der Waals surface area contributed by atoms with Crippen LogP contribution in [0.2, 0.25) is 0 Å². The molecule has 0 amide bonds. The Kier molecular flexibility index (Phi) is 21.8. The SMILES string of the molecule is CCCC(NCCN(CC)c1ccc(C(C=CC=C(c2ccc(N(C)C)cc2)c2ccc(N(CC)C(C)NCCCCN(CC)c3ccc4c(=O)[nH][nH]c(=O)c4c3)cc2)=C2C=CC(=[N+](C)C)C=C2)cc1)N(CC)c1ccc2c(=O)[nH][nH]c(=O)c2c1. The lowest BCUT2D eigenvalue weighted by Gasteiger charge is -2.34. The predicted octanol–water partition coefficient (Wildman–Crippen LogP) is 10.2. The Hall–Kier alpha value is -8.73. The summed E-state index contributed by atoms with van der Waals surface area (Å²) in [4.78, 5) is 61.4. The van der Waals surface area contributed by atoms with E-state index in [9.17, 15) is 19.2 Å². The molecule has 0 saturated carbocycles. The minimum absolute atomic E-state index is 0.0376. The molecule has 7 aromatic rings. The van der Waals surface area contributed by atoms with Crippen molar-refractivity contribution in [1.82, 2.24) is 31.0 Å². The highest BCUT2D eigenvalue weighted by atomic mass is 16.2. The Morgan fingerprint density at radius 2 is 1.04 bits per heavy atom. The lowest BCUT2D eigenvalue weighted by Crippen LogP contribution is -2.48. The number of aromatic nitrogens is 4. The van der Waals surface area contributed by atoms with Crippen LogP contribution in [0.15, 0.2) is 176 Å². The molecule has 16 heteroatoms. The van der Waals surface area contributed by atoms with Gasteiger partial charge in [-0.2, -0.15) is 0 Å². The normalized spacial score (nSPS) is 13.2. The average Bonchev–Trinajstić information content (AvgIpc) is 3.62. The van der Waals surface area contributed by atoms with Gasteiger partial charge in [0, 0.05) is 100 Å². The number of unbranched alkanes of at least 4 members (excludes halogenated alkanes) is 1. The molecule has 0 radical (unpaired) electrons. The fraction of sp³-hybridized carbons (Fsp3) is 0.348. The molecule has 5 aromatic carbocycles. The van der Waals surface area contributed by atoms with Gasteiger partial charge in [0.05, 0.1) is 33.9 Å². The van der Waals surface area contributed by atoms with Gasteiger partial charge in [0.15, 0.2) is 5.71 Å². The summed E-state index contributed by atoms with van der Waals surface area (Å²) in [5, 5.41) is 18.9. The summed E-state index contributed by atoms with van der Waals surface area (Å²) in [6, 6.07) is 37.6. The predicted molar refractivity (Wildman–Crippen MR) is 358 cm³/mol. The van der Waals surface area contributed by atoms with Gasteiger partial charge in [-0.05, 0) is 179 Å². The number of rotatable bonds is 28. The maximum Gasteiger partial charge on any atom is 0.270 e. The first-order chi connectivity index (χ1) is 41.2. The average molecular weight is 1150 g/mol. The van der Waals surface area contributed by atoms with E-state index in [1.165, 1.54) is 0 Å². The van der Waals surface area contributed by atoms with Gasteiger partial charge in [-0.15, -0.1) is 0 Å². The molecule has 2 aromatic heterocycles. The van der Waals surface area contributed by atoms with Crippen LogP contribution < -0.4 is 57.4 Å². The van der Waals surface area contributed by atoms with Crippen molar-refractivity contribution < 1.29 is 4.58 Å². The number of aromatic amines is 4. The molecule has 0 spiro atoms. The first-order valence-corrected chi connectivity index (χ1v) is 30.2. The molecule has 1 aliphatic carbocycles. The number of likely N-dealkylation sites (N-methyl/N-ethyl adjacent to an activating group) is 1. The van der Waals surface area contributed by atoms with Crippen molar-refractivity contribution in [3.05, 3.63) is 215 Å². The van der Waals surface area contributed by atoms with Crippen LogP contribution in [0, 0.1) is 0 Å². The van der Waals surface area contributed by atoms with E-state index >= 15 is 0 Å². The van der Waals surface area contributed by atoms with Crippen LogP contribution in [0.4, 0.5) is 28.4 Å². The molecule has 0 bridgehead atoms. The van der Waals surface area contributed by atoms with Crippen molar-refractivity contribution in [2.45, 2.75) is 79.6 Å². The molecular weight excluding hydrogens is 1060 g/mol. The fourth-order valence-electron chi connectivity index (χ4n) is 11.3. The number of hydrogen-bond donors (Lipinski definition) is 6. The number of allylic oxidation sites excluding steroid dienone is 9. The van der Waals surface area contributed by atoms with Crippen LogP contribution in [-0.2, 0) is 0 Å². The first kappa shape index (κ1) is 62.3. The van der Waals surface area contributed by atoms with Gasteiger partial charge in [0.1, 0.15) is 14.1 Å². The summed E-state index contributed by atoms with van der Waals surface area (Å²) >= 11 is 0. The highest BCUT2D eigenvalue weighted by Crippen LogP contribution is 2.31. The van der Waals surface area contributed by atoms with E-state index in [4.69, 9.17) is 0 Å². The number of anilines is 5. The van der Waals surface area contributed by atoms with Crippen molar-refractivity contribution >= 4 is 66.8 Å². The van der Waals surface area contributed by atoms with Gasteiger partial charge in [0.25, 0.3) is 22.2 Å². The van der Waals surface area contributed by atoms with Gasteiger partial charge in [0.2, 0.25) is 0 Å². The minimum atomic E-state index is -0.311. The molecule has 2 unspecified atom stereocenters. The topological polar surface area (TPSA) is 175 Å². The van der Waals surface area contributed by atoms with Gasteiger partial charge in [-0.3, -0.25) is 50.2 Å². The summed E-state index contributed by atoms with van der Waals surface area (Å²) in [5.74, 6) is 0. The largest absolute Gasteiger partial charge is 0.378 e. The molecule has 0 saturated heterocycles. The van der Waals surface area contributed by atoms with E-state index in [1.807, 2.05) is 24.3 Å². The standard InChI is InChI=1S/C69H86N12O4/c1-11-19-65(81(15-5)58-39-41-62-64(47-58)69(85)75-73-67(62)83)71-43-45-79(13-3)55-34-26-51(27-35-55)59(49-22-30-53(31-23-49)76(7)8)20-18-21-60(50-24-32-54(33-25-50)77(9)10)52-28-36-56(37-29-52)80(14-4)48(6)70-42-16-17-44-78(12-2)57-38-40-61-63(46-57)68(84)74-72-66(61)82/h18,20-41,46-48,65,70-71H,11-17,19,42-45H2,1-10H3,(H3-,72,73,74,75,82,83,84,85)/p+1. The quantitative estimate of drug-likeness (QED) is 0.0119. The van der Waals surface area contributed by atoms with E-state index in [2.05, 4.69) is 245 Å². The van der Waals surface area contributed by atoms with Crippen LogP contribution in [-0.4, -0.2) is 124 Å². The zero-order valence-corrected chi connectivity index (χ0v) is 51.4. The van der Waals surface area contributed by atoms with Gasteiger partial charge in [-0.1, -0.05) is 68.0 Å². The van der Waals surface area contributed by atoms with Crippen LogP contribution in [0.25, 0.3) is 32.7 Å². The van der Waals surface area contributed by atoms with Crippen LogP contribution in [0.5, 0.6) is 0 Å². The molecule has 16 nitrogen and oxygen atoms in total. The van der Waals surface area contributed by atoms with E-state index in [0.717, 1.165) is 146 Å². The molecule has 0 fully saturated rings. The number of nitrogens with one attached hydrogen (secondary N) is 6. The Morgan fingerprint density at radius 3 is 1.58 bits per heavy atom. The Morgan fingerprint density at radius 1 is 0.529 bits per heavy atom. The molecule has 2 heterocycles. The van der Waals surface area contributed by atoms with E-state index in [-0.39, 0.29) is 34.6 Å². The molecule has 6 N–H and O–H groups in total. The summed E-state index contributed by atoms with van der Waals surface area (Å²) in [5.41, 5.74) is 11.9. The minimum Gasteiger partial charge on any atom is -0.378 e.